The predicted octanol–water partition coefficient (Wildman–Crippen LogP) is 4.38. The van der Waals surface area contributed by atoms with E-state index in [1.54, 1.807) is 0 Å². The summed E-state index contributed by atoms with van der Waals surface area (Å²) in [5, 5.41) is 0. The summed E-state index contributed by atoms with van der Waals surface area (Å²) in [4.78, 5) is 0. The molecule has 0 aliphatic heterocycles. The maximum absolute atomic E-state index is 2.36. The van der Waals surface area contributed by atoms with Gasteiger partial charge in [-0.2, -0.15) is 0 Å². The molecule has 20 heavy (non-hydrogen) atoms. The summed E-state index contributed by atoms with van der Waals surface area (Å²) in [5.41, 5.74) is 7.01. The number of aromatic nitrogens is 1. The van der Waals surface area contributed by atoms with Gasteiger partial charge >= 0.3 is 0 Å². The van der Waals surface area contributed by atoms with E-state index in [1.165, 1.54) is 27.9 Å². The third-order valence-electron chi connectivity index (χ3n) is 3.62. The Morgan fingerprint density at radius 2 is 1.70 bits per heavy atom. The van der Waals surface area contributed by atoms with Crippen LogP contribution in [0.1, 0.15) is 37.5 Å². The van der Waals surface area contributed by atoms with Crippen LogP contribution >= 0.6 is 0 Å². The summed E-state index contributed by atoms with van der Waals surface area (Å²) in [6, 6.07) is 11.3. The van der Waals surface area contributed by atoms with Gasteiger partial charge in [-0.3, -0.25) is 0 Å². The number of rotatable bonds is 2. The Morgan fingerprint density at radius 3 is 2.35 bits per heavy atom. The molecule has 1 heteroatoms. The molecule has 1 nitrogen and oxygen atoms in total. The van der Waals surface area contributed by atoms with Crippen LogP contribution < -0.4 is 4.57 Å². The van der Waals surface area contributed by atoms with Gasteiger partial charge in [-0.05, 0) is 48.4 Å². The topological polar surface area (TPSA) is 3.88 Å². The first-order chi connectivity index (χ1) is 9.26. The van der Waals surface area contributed by atoms with Gasteiger partial charge in [0.05, 0.1) is 0 Å². The van der Waals surface area contributed by atoms with Crippen molar-refractivity contribution in [3.63, 3.8) is 0 Å². The van der Waals surface area contributed by atoms with Gasteiger partial charge in [0.25, 0.3) is 0 Å². The van der Waals surface area contributed by atoms with Gasteiger partial charge in [0.15, 0.2) is 6.20 Å². The van der Waals surface area contributed by atoms with E-state index in [4.69, 9.17) is 0 Å². The van der Waals surface area contributed by atoms with E-state index >= 15 is 0 Å². The Kier molecular flexibility index (Phi) is 3.99. The van der Waals surface area contributed by atoms with Crippen LogP contribution in [0.3, 0.4) is 0 Å². The molecule has 0 amide bonds. The minimum atomic E-state index is 0.321. The van der Waals surface area contributed by atoms with E-state index in [0.717, 1.165) is 6.42 Å². The van der Waals surface area contributed by atoms with Crippen LogP contribution in [-0.4, -0.2) is 0 Å². The van der Waals surface area contributed by atoms with E-state index in [-0.39, 0.29) is 0 Å². The van der Waals surface area contributed by atoms with E-state index in [1.807, 2.05) is 0 Å². The number of aryl methyl sites for hydroxylation is 3. The second kappa shape index (κ2) is 5.40. The van der Waals surface area contributed by atoms with E-state index in [9.17, 15) is 0 Å². The van der Waals surface area contributed by atoms with Gasteiger partial charge < -0.3 is 0 Å². The molecule has 1 heterocycles. The molecule has 1 aromatic heterocycles. The zero-order chi connectivity index (χ0) is 14.9. The van der Waals surface area contributed by atoms with Crippen LogP contribution in [0.15, 0.2) is 36.5 Å². The fraction of sp³-hybridized carbons (Fsp3) is 0.421. The first-order valence-electron chi connectivity index (χ1n) is 7.32. The lowest BCUT2D eigenvalue weighted by Gasteiger charge is -2.19. The van der Waals surface area contributed by atoms with Crippen molar-refractivity contribution in [1.29, 1.82) is 0 Å². The fourth-order valence-corrected chi connectivity index (χ4v) is 2.61. The van der Waals surface area contributed by atoms with Crippen LogP contribution in [0.5, 0.6) is 0 Å². The standard InChI is InChI=1S/C19H26N/c1-14-9-10-20(6)18(11-14)17-12-16(8-7-15(17)2)13-19(3,4)5/h7-12H,13H2,1-6H3/q+1. The van der Waals surface area contributed by atoms with Gasteiger partial charge in [-0.1, -0.05) is 32.9 Å². The molecule has 1 aromatic carbocycles. The maximum atomic E-state index is 2.36. The van der Waals surface area contributed by atoms with E-state index in [0.29, 0.717) is 5.41 Å². The Labute approximate surface area is 123 Å². The highest BCUT2D eigenvalue weighted by Gasteiger charge is 2.16. The summed E-state index contributed by atoms with van der Waals surface area (Å²) >= 11 is 0. The van der Waals surface area contributed by atoms with Crippen molar-refractivity contribution in [2.24, 2.45) is 12.5 Å². The molecule has 0 aliphatic carbocycles. The minimum Gasteiger partial charge on any atom is -0.201 e. The second-order valence-electron chi connectivity index (χ2n) is 7.09. The lowest BCUT2D eigenvalue weighted by atomic mass is 9.86. The smallest absolute Gasteiger partial charge is 0.201 e. The summed E-state index contributed by atoms with van der Waals surface area (Å²) < 4.78 is 2.20. The summed E-state index contributed by atoms with van der Waals surface area (Å²) in [7, 11) is 2.12. The largest absolute Gasteiger partial charge is 0.212 e. The average molecular weight is 268 g/mol. The number of pyridine rings is 1. The van der Waals surface area contributed by atoms with Crippen LogP contribution in [0.25, 0.3) is 11.3 Å². The van der Waals surface area contributed by atoms with Crippen molar-refractivity contribution in [3.05, 3.63) is 53.2 Å². The molecule has 0 N–H and O–H groups in total. The molecule has 2 rings (SSSR count). The highest BCUT2D eigenvalue weighted by Crippen LogP contribution is 2.26. The minimum absolute atomic E-state index is 0.321. The maximum Gasteiger partial charge on any atom is 0.212 e. The van der Waals surface area contributed by atoms with Crippen molar-refractivity contribution in [3.8, 4) is 11.3 Å². The van der Waals surface area contributed by atoms with Gasteiger partial charge in [0.2, 0.25) is 5.69 Å². The molecule has 0 spiro atoms. The molecule has 106 valence electrons. The lowest BCUT2D eigenvalue weighted by Crippen LogP contribution is -2.30. The van der Waals surface area contributed by atoms with Crippen molar-refractivity contribution in [2.75, 3.05) is 0 Å². The average Bonchev–Trinajstić information content (AvgIpc) is 2.33. The second-order valence-corrected chi connectivity index (χ2v) is 7.09. The molecule has 0 radical (unpaired) electrons. The van der Waals surface area contributed by atoms with E-state index < -0.39 is 0 Å². The van der Waals surface area contributed by atoms with Crippen molar-refractivity contribution in [1.82, 2.24) is 0 Å². The molecule has 0 bridgehead atoms. The molecule has 0 saturated heterocycles. The number of hydrogen-bond donors (Lipinski definition) is 0. The third kappa shape index (κ3) is 3.47. The highest BCUT2D eigenvalue weighted by molar-refractivity contribution is 5.62. The molecule has 0 unspecified atom stereocenters. The fourth-order valence-electron chi connectivity index (χ4n) is 2.61. The van der Waals surface area contributed by atoms with Crippen molar-refractivity contribution >= 4 is 0 Å². The zero-order valence-electron chi connectivity index (χ0n) is 13.6. The summed E-state index contributed by atoms with van der Waals surface area (Å²) in [5.74, 6) is 0. The van der Waals surface area contributed by atoms with Crippen molar-refractivity contribution < 1.29 is 4.57 Å². The van der Waals surface area contributed by atoms with Crippen LogP contribution in [0.2, 0.25) is 0 Å². The number of benzene rings is 1. The summed E-state index contributed by atoms with van der Waals surface area (Å²) in [6.45, 7) is 11.2. The van der Waals surface area contributed by atoms with Gasteiger partial charge in [-0.25, -0.2) is 4.57 Å². The Bertz CT molecular complexity index is 618. The SMILES string of the molecule is Cc1cc[n+](C)c(-c2cc(CC(C)(C)C)ccc2C)c1. The van der Waals surface area contributed by atoms with Crippen LogP contribution in [0, 0.1) is 19.3 Å². The molecule has 0 saturated carbocycles. The molecule has 0 fully saturated rings. The first kappa shape index (κ1) is 14.8. The molecular formula is C19H26N+. The monoisotopic (exact) mass is 268 g/mol. The third-order valence-corrected chi connectivity index (χ3v) is 3.62. The molecule has 2 aromatic rings. The van der Waals surface area contributed by atoms with Gasteiger partial charge in [0, 0.05) is 17.7 Å². The molecule has 0 atom stereocenters. The molecular weight excluding hydrogens is 242 g/mol. The first-order valence-corrected chi connectivity index (χ1v) is 7.32. The number of nitrogens with zero attached hydrogens (tertiary/aromatic N) is 1. The normalized spacial score (nSPS) is 11.7. The van der Waals surface area contributed by atoms with E-state index in [2.05, 4.69) is 82.8 Å². The zero-order valence-corrected chi connectivity index (χ0v) is 13.6. The van der Waals surface area contributed by atoms with Crippen LogP contribution in [0.4, 0.5) is 0 Å². The highest BCUT2D eigenvalue weighted by atomic mass is 14.9. The van der Waals surface area contributed by atoms with Crippen LogP contribution in [-0.2, 0) is 13.5 Å². The van der Waals surface area contributed by atoms with Gasteiger partial charge in [0.1, 0.15) is 7.05 Å². The number of hydrogen-bond acceptors (Lipinski definition) is 0. The quantitative estimate of drug-likeness (QED) is 0.711. The lowest BCUT2D eigenvalue weighted by molar-refractivity contribution is -0.660. The predicted molar refractivity (Wildman–Crippen MR) is 85.7 cm³/mol. The molecule has 0 aliphatic rings. The van der Waals surface area contributed by atoms with Gasteiger partial charge in [-0.15, -0.1) is 0 Å². The Hall–Kier alpha value is -1.63. The Morgan fingerprint density at radius 1 is 1.00 bits per heavy atom. The Balaban J connectivity index is 2.50. The van der Waals surface area contributed by atoms with Crippen molar-refractivity contribution in [2.45, 2.75) is 41.0 Å². The summed E-state index contributed by atoms with van der Waals surface area (Å²) in [6.07, 6.45) is 3.25.